The van der Waals surface area contributed by atoms with E-state index in [0.29, 0.717) is 29.0 Å². The Balaban J connectivity index is 1.76. The average molecular weight is 667 g/mol. The van der Waals surface area contributed by atoms with Gasteiger partial charge in [-0.1, -0.05) is 70.7 Å². The molecule has 0 bridgehead atoms. The minimum absolute atomic E-state index is 0.0315. The van der Waals surface area contributed by atoms with E-state index in [9.17, 15) is 19.2 Å². The molecule has 1 aromatic heterocycles. The third kappa shape index (κ3) is 9.53. The van der Waals surface area contributed by atoms with Crippen LogP contribution in [0.2, 0.25) is 0 Å². The Morgan fingerprint density at radius 2 is 1.47 bits per heavy atom. The number of rotatable bonds is 18. The highest BCUT2D eigenvalue weighted by Crippen LogP contribution is 2.33. The fraction of sp³-hybridized carbons (Fsp3) is 0.375. The Kier molecular flexibility index (Phi) is 13.4. The first kappa shape index (κ1) is 36.8. The van der Waals surface area contributed by atoms with Crippen LogP contribution in [0.25, 0.3) is 21.8 Å². The normalized spacial score (nSPS) is 12.1. The molecule has 258 valence electrons. The van der Waals surface area contributed by atoms with Gasteiger partial charge in [-0.15, -0.1) is 0 Å². The van der Waals surface area contributed by atoms with Crippen molar-refractivity contribution in [3.8, 4) is 5.75 Å². The van der Waals surface area contributed by atoms with Crippen LogP contribution in [0.3, 0.4) is 0 Å². The van der Waals surface area contributed by atoms with E-state index >= 15 is 0 Å². The summed E-state index contributed by atoms with van der Waals surface area (Å²) >= 11 is 0. The van der Waals surface area contributed by atoms with Crippen LogP contribution in [0, 0.1) is 5.92 Å². The van der Waals surface area contributed by atoms with Gasteiger partial charge in [-0.05, 0) is 85.8 Å². The Hall–Kier alpha value is -5.05. The molecule has 9 heteroatoms. The topological polar surface area (TPSA) is 113 Å². The van der Waals surface area contributed by atoms with Crippen molar-refractivity contribution < 1.29 is 33.5 Å². The molecular formula is C40H46N2O7. The van der Waals surface area contributed by atoms with Crippen molar-refractivity contribution >= 4 is 51.2 Å². The van der Waals surface area contributed by atoms with E-state index in [1.54, 1.807) is 30.3 Å². The van der Waals surface area contributed by atoms with E-state index in [1.807, 2.05) is 30.3 Å². The molecule has 4 rings (SSSR count). The van der Waals surface area contributed by atoms with Gasteiger partial charge in [0.25, 0.3) is 0 Å². The fourth-order valence-corrected chi connectivity index (χ4v) is 5.88. The number of fused-ring (bicyclic) bond motifs is 3. The highest BCUT2D eigenvalue weighted by atomic mass is 16.7. The maximum absolute atomic E-state index is 13.8. The number of aromatic nitrogens is 1. The van der Waals surface area contributed by atoms with Crippen molar-refractivity contribution in [1.29, 1.82) is 0 Å². The predicted molar refractivity (Wildman–Crippen MR) is 192 cm³/mol. The SMILES string of the molecule is C=CCOC(=O)Oc1ccc(C(=O)c2ccc3c(c2)c2cc(C(=O)/C(CCCCC)=N/OC(C)=O)ccc2n3CC(CC)CCCC)cc1. The first-order valence-electron chi connectivity index (χ1n) is 17.2. The zero-order valence-electron chi connectivity index (χ0n) is 29.0. The number of hydrogen-bond acceptors (Lipinski definition) is 8. The van der Waals surface area contributed by atoms with Crippen molar-refractivity contribution in [3.05, 3.63) is 90.0 Å². The Labute approximate surface area is 287 Å². The maximum atomic E-state index is 13.8. The van der Waals surface area contributed by atoms with E-state index in [-0.39, 0.29) is 29.6 Å². The van der Waals surface area contributed by atoms with Crippen molar-refractivity contribution in [2.45, 2.75) is 85.6 Å². The number of hydrogen-bond donors (Lipinski definition) is 0. The molecule has 0 amide bonds. The highest BCUT2D eigenvalue weighted by Gasteiger charge is 2.21. The standard InChI is InChI=1S/C40H46N2O7/c1-6-10-12-14-35(41-49-27(5)43)39(45)31-18-22-37-34(25-31)33-24-30(17-21-36(33)42(37)26-28(9-4)13-11-7-2)38(44)29-15-19-32(20-16-29)48-40(46)47-23-8-3/h8,15-22,24-25,28H,3,6-7,9-14,23,26H2,1-2,4-5H3/b41-35+. The second-order valence-electron chi connectivity index (χ2n) is 12.2. The molecule has 1 heterocycles. The summed E-state index contributed by atoms with van der Waals surface area (Å²) < 4.78 is 12.3. The van der Waals surface area contributed by atoms with Crippen LogP contribution in [0.1, 0.15) is 105 Å². The van der Waals surface area contributed by atoms with Gasteiger partial charge in [-0.25, -0.2) is 9.59 Å². The van der Waals surface area contributed by atoms with Crippen molar-refractivity contribution in [2.75, 3.05) is 6.61 Å². The molecule has 1 atom stereocenters. The number of ketones is 2. The molecule has 3 aromatic carbocycles. The lowest BCUT2D eigenvalue weighted by molar-refractivity contribution is -0.140. The molecule has 0 saturated carbocycles. The van der Waals surface area contributed by atoms with E-state index in [2.05, 4.69) is 37.1 Å². The lowest BCUT2D eigenvalue weighted by atomic mass is 9.98. The van der Waals surface area contributed by atoms with E-state index in [1.165, 1.54) is 13.0 Å². The Morgan fingerprint density at radius 3 is 2.08 bits per heavy atom. The van der Waals surface area contributed by atoms with Crippen LogP contribution < -0.4 is 4.74 Å². The maximum Gasteiger partial charge on any atom is 0.514 e. The number of carbonyl (C=O) groups excluding carboxylic acids is 4. The van der Waals surface area contributed by atoms with Crippen molar-refractivity contribution in [1.82, 2.24) is 4.57 Å². The Morgan fingerprint density at radius 1 is 0.837 bits per heavy atom. The Bertz CT molecular complexity index is 1830. The summed E-state index contributed by atoms with van der Waals surface area (Å²) in [5.74, 6) is -0.356. The third-order valence-corrected chi connectivity index (χ3v) is 8.57. The molecule has 1 unspecified atom stereocenters. The largest absolute Gasteiger partial charge is 0.514 e. The summed E-state index contributed by atoms with van der Waals surface area (Å²) in [5.41, 5.74) is 3.50. The molecule has 0 radical (unpaired) electrons. The lowest BCUT2D eigenvalue weighted by Gasteiger charge is -2.17. The van der Waals surface area contributed by atoms with Crippen LogP contribution in [-0.2, 0) is 20.9 Å². The summed E-state index contributed by atoms with van der Waals surface area (Å²) in [6.07, 6.45) is 8.05. The minimum Gasteiger partial charge on any atom is -0.430 e. The predicted octanol–water partition coefficient (Wildman–Crippen LogP) is 9.63. The molecule has 49 heavy (non-hydrogen) atoms. The lowest BCUT2D eigenvalue weighted by Crippen LogP contribution is -2.16. The van der Waals surface area contributed by atoms with Crippen LogP contribution in [0.15, 0.2) is 78.5 Å². The second kappa shape index (κ2) is 17.9. The molecule has 0 spiro atoms. The van der Waals surface area contributed by atoms with E-state index in [0.717, 1.165) is 73.3 Å². The minimum atomic E-state index is -0.857. The summed E-state index contributed by atoms with van der Waals surface area (Å²) in [6.45, 7) is 12.1. The van der Waals surface area contributed by atoms with Gasteiger partial charge >= 0.3 is 12.1 Å². The van der Waals surface area contributed by atoms with Crippen LogP contribution >= 0.6 is 0 Å². The molecular weight excluding hydrogens is 620 g/mol. The first-order valence-corrected chi connectivity index (χ1v) is 17.2. The summed E-state index contributed by atoms with van der Waals surface area (Å²) in [6, 6.07) is 17.6. The van der Waals surface area contributed by atoms with Crippen LogP contribution in [0.5, 0.6) is 5.75 Å². The summed E-state index contributed by atoms with van der Waals surface area (Å²) in [4.78, 5) is 55.7. The summed E-state index contributed by atoms with van der Waals surface area (Å²) in [7, 11) is 0. The van der Waals surface area contributed by atoms with Gasteiger partial charge in [-0.2, -0.15) is 0 Å². The van der Waals surface area contributed by atoms with Gasteiger partial charge in [0.15, 0.2) is 5.78 Å². The third-order valence-electron chi connectivity index (χ3n) is 8.57. The van der Waals surface area contributed by atoms with Gasteiger partial charge in [0, 0.05) is 52.0 Å². The highest BCUT2D eigenvalue weighted by molar-refractivity contribution is 6.46. The second-order valence-corrected chi connectivity index (χ2v) is 12.2. The number of nitrogens with zero attached hydrogens (tertiary/aromatic N) is 2. The number of oxime groups is 1. The summed E-state index contributed by atoms with van der Waals surface area (Å²) in [5, 5.41) is 5.64. The molecule has 0 aliphatic carbocycles. The quantitative estimate of drug-likeness (QED) is 0.0152. The van der Waals surface area contributed by atoms with Crippen LogP contribution in [0.4, 0.5) is 4.79 Å². The van der Waals surface area contributed by atoms with Gasteiger partial charge in [0.1, 0.15) is 18.1 Å². The number of benzene rings is 3. The zero-order valence-corrected chi connectivity index (χ0v) is 29.0. The number of carbonyl (C=O) groups is 4. The van der Waals surface area contributed by atoms with Gasteiger partial charge in [-0.3, -0.25) is 9.59 Å². The zero-order chi connectivity index (χ0) is 35.3. The molecule has 4 aromatic rings. The van der Waals surface area contributed by atoms with E-state index < -0.39 is 12.1 Å². The molecule has 0 saturated heterocycles. The first-order chi connectivity index (χ1) is 23.7. The van der Waals surface area contributed by atoms with Gasteiger partial charge in [0.05, 0.1) is 0 Å². The monoisotopic (exact) mass is 666 g/mol. The van der Waals surface area contributed by atoms with Crippen LogP contribution in [-0.4, -0.2) is 40.6 Å². The molecule has 0 N–H and O–H groups in total. The van der Waals surface area contributed by atoms with E-state index in [4.69, 9.17) is 14.3 Å². The molecule has 0 aliphatic rings. The molecule has 0 fully saturated rings. The smallest absolute Gasteiger partial charge is 0.430 e. The van der Waals surface area contributed by atoms with Crippen molar-refractivity contribution in [2.24, 2.45) is 11.1 Å². The number of unbranched alkanes of at least 4 members (excludes halogenated alkanes) is 3. The van der Waals surface area contributed by atoms with Gasteiger partial charge < -0.3 is 18.9 Å². The fourth-order valence-electron chi connectivity index (χ4n) is 5.88. The number of Topliss-reactive ketones (excluding diaryl/α,β-unsaturated/α-hetero) is 1. The average Bonchev–Trinajstić information content (AvgIpc) is 3.41. The molecule has 0 aliphatic heterocycles. The molecule has 9 nitrogen and oxygen atoms in total. The number of ether oxygens (including phenoxy) is 2. The van der Waals surface area contributed by atoms with Gasteiger partial charge in [0.2, 0.25) is 5.78 Å². The van der Waals surface area contributed by atoms with Crippen molar-refractivity contribution in [3.63, 3.8) is 0 Å².